The second-order valence-corrected chi connectivity index (χ2v) is 7.02. The largest absolute Gasteiger partial charge is 0.256 e. The van der Waals surface area contributed by atoms with Gasteiger partial charge in [-0.1, -0.05) is 55.1 Å². The Hall–Kier alpha value is -3.66. The summed E-state index contributed by atoms with van der Waals surface area (Å²) in [4.78, 5) is 4.41. The molecule has 0 bridgehead atoms. The van der Waals surface area contributed by atoms with Crippen molar-refractivity contribution in [3.8, 4) is 33.5 Å². The summed E-state index contributed by atoms with van der Waals surface area (Å²) in [6.45, 7) is 5.06. The SMILES string of the molecule is C=Cc1ccc(-c2ccc(-c3ccc(-c4cc(F)c(C)c(F)c4)c(F)c3)cc2)nc1. The topological polar surface area (TPSA) is 12.9 Å². The van der Waals surface area contributed by atoms with E-state index < -0.39 is 17.5 Å². The molecule has 3 aromatic carbocycles. The van der Waals surface area contributed by atoms with E-state index in [1.807, 2.05) is 36.4 Å². The van der Waals surface area contributed by atoms with Crippen LogP contribution in [0.5, 0.6) is 0 Å². The smallest absolute Gasteiger partial charge is 0.131 e. The molecule has 1 aromatic heterocycles. The normalized spacial score (nSPS) is 10.8. The maximum absolute atomic E-state index is 14.7. The van der Waals surface area contributed by atoms with Gasteiger partial charge in [0.15, 0.2) is 0 Å². The zero-order valence-electron chi connectivity index (χ0n) is 16.3. The molecule has 0 atom stereocenters. The van der Waals surface area contributed by atoms with Gasteiger partial charge >= 0.3 is 0 Å². The average molecular weight is 401 g/mol. The highest BCUT2D eigenvalue weighted by Crippen LogP contribution is 2.31. The van der Waals surface area contributed by atoms with Crippen molar-refractivity contribution < 1.29 is 13.2 Å². The van der Waals surface area contributed by atoms with Crippen molar-refractivity contribution in [3.05, 3.63) is 108 Å². The third-order valence-electron chi connectivity index (χ3n) is 5.10. The molecule has 1 heterocycles. The molecular weight excluding hydrogens is 383 g/mol. The molecule has 1 nitrogen and oxygen atoms in total. The van der Waals surface area contributed by atoms with E-state index in [1.165, 1.54) is 19.1 Å². The summed E-state index contributed by atoms with van der Waals surface area (Å²) in [6, 6.07) is 18.4. The molecule has 0 saturated heterocycles. The van der Waals surface area contributed by atoms with Crippen molar-refractivity contribution in [2.45, 2.75) is 6.92 Å². The van der Waals surface area contributed by atoms with Gasteiger partial charge in [0.2, 0.25) is 0 Å². The third kappa shape index (κ3) is 3.77. The quantitative estimate of drug-likeness (QED) is 0.346. The molecule has 0 radical (unpaired) electrons. The summed E-state index contributed by atoms with van der Waals surface area (Å²) in [6.07, 6.45) is 3.48. The van der Waals surface area contributed by atoms with Crippen LogP contribution in [0.1, 0.15) is 11.1 Å². The Bertz CT molecular complexity index is 1200. The van der Waals surface area contributed by atoms with E-state index in [0.29, 0.717) is 5.56 Å². The van der Waals surface area contributed by atoms with E-state index in [2.05, 4.69) is 11.6 Å². The minimum absolute atomic E-state index is 0.0792. The first-order valence-corrected chi connectivity index (χ1v) is 9.41. The van der Waals surface area contributed by atoms with Crippen LogP contribution in [0.3, 0.4) is 0 Å². The van der Waals surface area contributed by atoms with Crippen molar-refractivity contribution in [1.82, 2.24) is 4.98 Å². The molecule has 0 aliphatic rings. The number of pyridine rings is 1. The third-order valence-corrected chi connectivity index (χ3v) is 5.10. The minimum atomic E-state index is -0.696. The molecule has 0 N–H and O–H groups in total. The van der Waals surface area contributed by atoms with Gasteiger partial charge in [-0.25, -0.2) is 13.2 Å². The summed E-state index contributed by atoms with van der Waals surface area (Å²) in [7, 11) is 0. The van der Waals surface area contributed by atoms with Crippen LogP contribution >= 0.6 is 0 Å². The lowest BCUT2D eigenvalue weighted by atomic mass is 9.97. The van der Waals surface area contributed by atoms with Crippen LogP contribution in [-0.4, -0.2) is 4.98 Å². The maximum atomic E-state index is 14.7. The highest BCUT2D eigenvalue weighted by atomic mass is 19.1. The molecule has 0 amide bonds. The Balaban J connectivity index is 1.63. The van der Waals surface area contributed by atoms with E-state index in [9.17, 15) is 13.2 Å². The highest BCUT2D eigenvalue weighted by Gasteiger charge is 2.12. The lowest BCUT2D eigenvalue weighted by Gasteiger charge is -2.09. The van der Waals surface area contributed by atoms with Crippen molar-refractivity contribution >= 4 is 6.08 Å². The van der Waals surface area contributed by atoms with Crippen molar-refractivity contribution in [2.24, 2.45) is 0 Å². The first kappa shape index (κ1) is 19.6. The predicted octanol–water partition coefficient (Wildman–Crippen LogP) is 7.45. The molecule has 30 heavy (non-hydrogen) atoms. The molecule has 4 rings (SSSR count). The minimum Gasteiger partial charge on any atom is -0.256 e. The zero-order valence-corrected chi connectivity index (χ0v) is 16.3. The van der Waals surface area contributed by atoms with Crippen LogP contribution < -0.4 is 0 Å². The van der Waals surface area contributed by atoms with E-state index in [4.69, 9.17) is 0 Å². The molecule has 4 heteroatoms. The number of nitrogens with zero attached hydrogens (tertiary/aromatic N) is 1. The van der Waals surface area contributed by atoms with Gasteiger partial charge in [0, 0.05) is 22.9 Å². The lowest BCUT2D eigenvalue weighted by molar-refractivity contribution is 0.568. The number of halogens is 3. The average Bonchev–Trinajstić information content (AvgIpc) is 2.77. The van der Waals surface area contributed by atoms with E-state index >= 15 is 0 Å². The Labute approximate surface area is 173 Å². The van der Waals surface area contributed by atoms with Gasteiger partial charge in [0.1, 0.15) is 17.5 Å². The number of aromatic nitrogens is 1. The summed E-state index contributed by atoms with van der Waals surface area (Å²) in [5.41, 5.74) is 4.46. The lowest BCUT2D eigenvalue weighted by Crippen LogP contribution is -1.93. The molecular formula is C26H18F3N. The predicted molar refractivity (Wildman–Crippen MR) is 115 cm³/mol. The van der Waals surface area contributed by atoms with Crippen molar-refractivity contribution in [1.29, 1.82) is 0 Å². The van der Waals surface area contributed by atoms with Crippen LogP contribution in [0, 0.1) is 24.4 Å². The highest BCUT2D eigenvalue weighted by molar-refractivity contribution is 5.73. The van der Waals surface area contributed by atoms with E-state index in [0.717, 1.165) is 34.5 Å². The van der Waals surface area contributed by atoms with Crippen molar-refractivity contribution in [2.75, 3.05) is 0 Å². The van der Waals surface area contributed by atoms with E-state index in [1.54, 1.807) is 18.3 Å². The van der Waals surface area contributed by atoms with Crippen LogP contribution in [0.15, 0.2) is 79.5 Å². The summed E-state index contributed by atoms with van der Waals surface area (Å²) >= 11 is 0. The second-order valence-electron chi connectivity index (χ2n) is 7.02. The fourth-order valence-corrected chi connectivity index (χ4v) is 3.26. The number of rotatable bonds is 4. The Kier molecular flexibility index (Phi) is 5.23. The van der Waals surface area contributed by atoms with Gasteiger partial charge in [-0.3, -0.25) is 4.98 Å². The molecule has 0 aliphatic carbocycles. The van der Waals surface area contributed by atoms with Gasteiger partial charge in [0.25, 0.3) is 0 Å². The summed E-state index contributed by atoms with van der Waals surface area (Å²) < 4.78 is 42.4. The fraction of sp³-hybridized carbons (Fsp3) is 0.0385. The van der Waals surface area contributed by atoms with Crippen molar-refractivity contribution in [3.63, 3.8) is 0 Å². The Morgan fingerprint density at radius 3 is 1.87 bits per heavy atom. The van der Waals surface area contributed by atoms with Crippen LogP contribution in [0.25, 0.3) is 39.6 Å². The number of hydrogen-bond acceptors (Lipinski definition) is 1. The van der Waals surface area contributed by atoms with E-state index in [-0.39, 0.29) is 16.7 Å². The fourth-order valence-electron chi connectivity index (χ4n) is 3.26. The molecule has 0 fully saturated rings. The molecule has 0 unspecified atom stereocenters. The number of hydrogen-bond donors (Lipinski definition) is 0. The van der Waals surface area contributed by atoms with Crippen LogP contribution in [-0.2, 0) is 0 Å². The molecule has 4 aromatic rings. The van der Waals surface area contributed by atoms with Gasteiger partial charge in [-0.15, -0.1) is 0 Å². The van der Waals surface area contributed by atoms with Gasteiger partial charge in [-0.05, 0) is 53.4 Å². The van der Waals surface area contributed by atoms with Gasteiger partial charge < -0.3 is 0 Å². The zero-order chi connectivity index (χ0) is 21.3. The van der Waals surface area contributed by atoms with Crippen LogP contribution in [0.4, 0.5) is 13.2 Å². The first-order chi connectivity index (χ1) is 14.5. The molecule has 0 aliphatic heterocycles. The number of benzene rings is 3. The first-order valence-electron chi connectivity index (χ1n) is 9.41. The van der Waals surface area contributed by atoms with Crippen LogP contribution in [0.2, 0.25) is 0 Å². The summed E-state index contributed by atoms with van der Waals surface area (Å²) in [5.74, 6) is -1.93. The Morgan fingerprint density at radius 1 is 0.700 bits per heavy atom. The van der Waals surface area contributed by atoms with Gasteiger partial charge in [0.05, 0.1) is 5.69 Å². The molecule has 148 valence electrons. The Morgan fingerprint density at radius 2 is 1.30 bits per heavy atom. The van der Waals surface area contributed by atoms with Gasteiger partial charge in [-0.2, -0.15) is 0 Å². The standard InChI is InChI=1S/C26H18F3N/c1-3-17-4-11-26(30-15-17)19-7-5-18(6-8-19)20-9-10-22(25(29)12-20)21-13-23(27)16(2)24(28)14-21/h3-15H,1H2,2H3. The molecule has 0 spiro atoms. The second kappa shape index (κ2) is 7.99. The maximum Gasteiger partial charge on any atom is 0.131 e. The monoisotopic (exact) mass is 401 g/mol. The summed E-state index contributed by atoms with van der Waals surface area (Å²) in [5, 5.41) is 0. The molecule has 0 saturated carbocycles.